The molecule has 0 radical (unpaired) electrons. The van der Waals surface area contributed by atoms with Crippen LogP contribution in [0.5, 0.6) is 0 Å². The molecule has 2 aliphatic rings. The zero-order valence-electron chi connectivity index (χ0n) is 12.8. The van der Waals surface area contributed by atoms with Gasteiger partial charge in [0.2, 0.25) is 0 Å². The van der Waals surface area contributed by atoms with Crippen LogP contribution in [0.4, 0.5) is 4.39 Å². The van der Waals surface area contributed by atoms with E-state index in [0.29, 0.717) is 5.56 Å². The van der Waals surface area contributed by atoms with Crippen LogP contribution in [0, 0.1) is 17.1 Å². The predicted molar refractivity (Wildman–Crippen MR) is 78.3 cm³/mol. The third kappa shape index (κ3) is 2.47. The molecule has 0 amide bonds. The maximum Gasteiger partial charge on any atom is 0.461 e. The van der Waals surface area contributed by atoms with E-state index >= 15 is 0 Å². The first-order valence-electron chi connectivity index (χ1n) is 7.30. The van der Waals surface area contributed by atoms with Gasteiger partial charge in [-0.05, 0) is 63.8 Å². The molecule has 0 aromatic heterocycles. The first kappa shape index (κ1) is 14.6. The van der Waals surface area contributed by atoms with Gasteiger partial charge in [0.25, 0.3) is 0 Å². The quantitative estimate of drug-likeness (QED) is 0.780. The molecule has 2 atom stereocenters. The summed E-state index contributed by atoms with van der Waals surface area (Å²) in [6.45, 7) is 8.11. The fraction of sp³-hybridized carbons (Fsp3) is 0.562. The lowest BCUT2D eigenvalue weighted by Crippen LogP contribution is -2.41. The van der Waals surface area contributed by atoms with Gasteiger partial charge in [0, 0.05) is 5.82 Å². The molecule has 1 aliphatic heterocycles. The van der Waals surface area contributed by atoms with Gasteiger partial charge >= 0.3 is 7.12 Å². The number of benzene rings is 1. The van der Waals surface area contributed by atoms with Crippen molar-refractivity contribution in [3.63, 3.8) is 0 Å². The minimum absolute atomic E-state index is 0.211. The van der Waals surface area contributed by atoms with Crippen LogP contribution in [0.25, 0.3) is 0 Å². The fourth-order valence-electron chi connectivity index (χ4n) is 2.85. The number of hydrogen-bond acceptors (Lipinski definition) is 3. The van der Waals surface area contributed by atoms with E-state index in [0.717, 1.165) is 12.0 Å². The van der Waals surface area contributed by atoms with Gasteiger partial charge in [0.1, 0.15) is 5.82 Å². The minimum atomic E-state index is -0.358. The van der Waals surface area contributed by atoms with Gasteiger partial charge in [-0.1, -0.05) is 0 Å². The molecular formula is C16H19BFNO2. The molecular weight excluding hydrogens is 268 g/mol. The molecule has 21 heavy (non-hydrogen) atoms. The van der Waals surface area contributed by atoms with E-state index < -0.39 is 0 Å². The van der Waals surface area contributed by atoms with Crippen LogP contribution >= 0.6 is 0 Å². The van der Waals surface area contributed by atoms with Crippen molar-refractivity contribution >= 4 is 7.12 Å². The molecule has 0 spiro atoms. The monoisotopic (exact) mass is 287 g/mol. The van der Waals surface area contributed by atoms with Crippen LogP contribution in [0.3, 0.4) is 0 Å². The Morgan fingerprint density at radius 2 is 1.81 bits per heavy atom. The Morgan fingerprint density at radius 1 is 1.19 bits per heavy atom. The summed E-state index contributed by atoms with van der Waals surface area (Å²) in [5, 5.41) is 8.94. The third-order valence-corrected chi connectivity index (χ3v) is 4.94. The summed E-state index contributed by atoms with van der Waals surface area (Å²) in [5.41, 5.74) is 0.547. The highest BCUT2D eigenvalue weighted by Crippen LogP contribution is 2.58. The van der Waals surface area contributed by atoms with Gasteiger partial charge in [-0.15, -0.1) is 0 Å². The highest BCUT2D eigenvalue weighted by Gasteiger charge is 2.59. The van der Waals surface area contributed by atoms with Gasteiger partial charge in [-0.2, -0.15) is 5.26 Å². The Kier molecular flexibility index (Phi) is 3.16. The van der Waals surface area contributed by atoms with Gasteiger partial charge in [-0.25, -0.2) is 4.39 Å². The van der Waals surface area contributed by atoms with Gasteiger partial charge in [0.15, 0.2) is 0 Å². The molecule has 3 nitrogen and oxygen atoms in total. The Bertz CT molecular complexity index is 607. The Balaban J connectivity index is 1.76. The van der Waals surface area contributed by atoms with Gasteiger partial charge < -0.3 is 9.31 Å². The summed E-state index contributed by atoms with van der Waals surface area (Å²) in [4.78, 5) is 0. The molecule has 1 saturated heterocycles. The summed E-state index contributed by atoms with van der Waals surface area (Å²) < 4.78 is 25.6. The van der Waals surface area contributed by atoms with E-state index in [1.807, 2.05) is 33.8 Å². The second-order valence-corrected chi connectivity index (χ2v) is 7.02. The van der Waals surface area contributed by atoms with E-state index in [-0.39, 0.29) is 35.9 Å². The normalized spacial score (nSPS) is 29.2. The second-order valence-electron chi connectivity index (χ2n) is 7.02. The summed E-state index contributed by atoms with van der Waals surface area (Å²) in [6.07, 6.45) is 0.908. The smallest absolute Gasteiger partial charge is 0.403 e. The zero-order valence-corrected chi connectivity index (χ0v) is 12.8. The molecule has 1 saturated carbocycles. The SMILES string of the molecule is CC1(C)OB([C@H]2C[C@@H]2c2cc(F)cc(C#N)c2)OC1(C)C. The van der Waals surface area contributed by atoms with Crippen LogP contribution in [-0.4, -0.2) is 18.3 Å². The van der Waals surface area contributed by atoms with Crippen LogP contribution in [0.15, 0.2) is 18.2 Å². The highest BCUT2D eigenvalue weighted by molar-refractivity contribution is 6.49. The van der Waals surface area contributed by atoms with Crippen molar-refractivity contribution < 1.29 is 13.7 Å². The van der Waals surface area contributed by atoms with E-state index in [9.17, 15) is 4.39 Å². The van der Waals surface area contributed by atoms with Crippen molar-refractivity contribution in [2.45, 2.75) is 57.1 Å². The van der Waals surface area contributed by atoms with E-state index in [1.54, 1.807) is 6.07 Å². The highest BCUT2D eigenvalue weighted by atomic mass is 19.1. The molecule has 1 heterocycles. The van der Waals surface area contributed by atoms with Crippen LogP contribution in [0.2, 0.25) is 5.82 Å². The Morgan fingerprint density at radius 3 is 2.38 bits per heavy atom. The van der Waals surface area contributed by atoms with Crippen molar-refractivity contribution in [1.29, 1.82) is 5.26 Å². The number of nitrogens with zero attached hydrogens (tertiary/aromatic N) is 1. The van der Waals surface area contributed by atoms with Crippen molar-refractivity contribution in [2.75, 3.05) is 0 Å². The summed E-state index contributed by atoms with van der Waals surface area (Å²) >= 11 is 0. The van der Waals surface area contributed by atoms with Crippen LogP contribution in [0.1, 0.15) is 51.2 Å². The number of rotatable bonds is 2. The lowest BCUT2D eigenvalue weighted by molar-refractivity contribution is 0.00578. The molecule has 1 aliphatic carbocycles. The molecule has 0 bridgehead atoms. The average Bonchev–Trinajstić information content (AvgIpc) is 3.12. The van der Waals surface area contributed by atoms with Gasteiger partial charge in [-0.3, -0.25) is 0 Å². The van der Waals surface area contributed by atoms with E-state index in [2.05, 4.69) is 0 Å². The average molecular weight is 287 g/mol. The molecule has 110 valence electrons. The van der Waals surface area contributed by atoms with E-state index in [1.165, 1.54) is 12.1 Å². The largest absolute Gasteiger partial charge is 0.461 e. The lowest BCUT2D eigenvalue weighted by atomic mass is 9.79. The van der Waals surface area contributed by atoms with Crippen molar-refractivity contribution in [2.24, 2.45) is 0 Å². The molecule has 3 rings (SSSR count). The summed E-state index contributed by atoms with van der Waals surface area (Å²) in [6, 6.07) is 6.53. The lowest BCUT2D eigenvalue weighted by Gasteiger charge is -2.32. The molecule has 1 aromatic rings. The Labute approximate surface area is 125 Å². The second kappa shape index (κ2) is 4.56. The predicted octanol–water partition coefficient (Wildman–Crippen LogP) is 3.65. The summed E-state index contributed by atoms with van der Waals surface area (Å²) in [5.74, 6) is 0.0884. The van der Waals surface area contributed by atoms with Crippen molar-refractivity contribution in [3.05, 3.63) is 35.1 Å². The number of hydrogen-bond donors (Lipinski definition) is 0. The maximum atomic E-state index is 13.5. The van der Waals surface area contributed by atoms with Crippen molar-refractivity contribution in [1.82, 2.24) is 0 Å². The third-order valence-electron chi connectivity index (χ3n) is 4.94. The minimum Gasteiger partial charge on any atom is -0.403 e. The van der Waals surface area contributed by atoms with E-state index in [4.69, 9.17) is 14.6 Å². The first-order valence-corrected chi connectivity index (χ1v) is 7.30. The Hall–Kier alpha value is -1.38. The molecule has 1 aromatic carbocycles. The topological polar surface area (TPSA) is 42.2 Å². The van der Waals surface area contributed by atoms with Crippen LogP contribution < -0.4 is 0 Å². The summed E-state index contributed by atoms with van der Waals surface area (Å²) in [7, 11) is -0.256. The molecule has 0 unspecified atom stereocenters. The van der Waals surface area contributed by atoms with Crippen molar-refractivity contribution in [3.8, 4) is 6.07 Å². The molecule has 0 N–H and O–H groups in total. The number of nitriles is 1. The number of halogens is 1. The first-order chi connectivity index (χ1) is 9.73. The molecule has 2 fully saturated rings. The van der Waals surface area contributed by atoms with Gasteiger partial charge in [0.05, 0.1) is 22.8 Å². The standard InChI is InChI=1S/C16H19BFNO2/c1-15(2)16(3,4)21-17(20-15)14-8-13(14)11-5-10(9-19)6-12(18)7-11/h5-7,13-14H,8H2,1-4H3/t13-,14+/m1/s1. The zero-order chi connectivity index (χ0) is 15.4. The fourth-order valence-corrected chi connectivity index (χ4v) is 2.85. The molecule has 5 heteroatoms. The van der Waals surface area contributed by atoms with Crippen LogP contribution in [-0.2, 0) is 9.31 Å². The maximum absolute atomic E-state index is 13.5.